The van der Waals surface area contributed by atoms with Crippen molar-refractivity contribution in [3.8, 4) is 0 Å². The van der Waals surface area contributed by atoms with Crippen molar-refractivity contribution >= 4 is 22.7 Å². The van der Waals surface area contributed by atoms with Crippen LogP contribution in [-0.4, -0.2) is 29.7 Å². The van der Waals surface area contributed by atoms with Crippen molar-refractivity contribution in [2.75, 3.05) is 18.5 Å². The molecule has 1 heterocycles. The molecule has 17 heavy (non-hydrogen) atoms. The van der Waals surface area contributed by atoms with Crippen molar-refractivity contribution in [2.45, 2.75) is 6.92 Å². The molecule has 0 saturated carbocycles. The summed E-state index contributed by atoms with van der Waals surface area (Å²) in [6.07, 6.45) is 0. The van der Waals surface area contributed by atoms with E-state index in [-0.39, 0.29) is 5.56 Å². The van der Waals surface area contributed by atoms with Gasteiger partial charge in [-0.1, -0.05) is 18.2 Å². The lowest BCUT2D eigenvalue weighted by atomic mass is 10.1. The van der Waals surface area contributed by atoms with Gasteiger partial charge in [-0.25, -0.2) is 9.78 Å². The Labute approximate surface area is 99.5 Å². The molecule has 0 fully saturated rings. The normalized spacial score (nSPS) is 10.5. The number of rotatable bonds is 3. The summed E-state index contributed by atoms with van der Waals surface area (Å²) in [7, 11) is 1.84. The van der Waals surface area contributed by atoms with Crippen LogP contribution in [0.4, 0.5) is 5.82 Å². The summed E-state index contributed by atoms with van der Waals surface area (Å²) < 4.78 is 0. The van der Waals surface area contributed by atoms with Gasteiger partial charge < -0.3 is 10.0 Å². The van der Waals surface area contributed by atoms with Crippen LogP contribution in [0.25, 0.3) is 10.9 Å². The first kappa shape index (κ1) is 11.4. The average molecular weight is 230 g/mol. The van der Waals surface area contributed by atoms with Crippen LogP contribution in [0.3, 0.4) is 0 Å². The highest BCUT2D eigenvalue weighted by atomic mass is 16.4. The molecule has 2 aromatic rings. The van der Waals surface area contributed by atoms with E-state index in [2.05, 4.69) is 4.98 Å². The van der Waals surface area contributed by atoms with Gasteiger partial charge in [-0.15, -0.1) is 0 Å². The van der Waals surface area contributed by atoms with Crippen molar-refractivity contribution in [3.63, 3.8) is 0 Å². The number of hydrogen-bond acceptors (Lipinski definition) is 3. The lowest BCUT2D eigenvalue weighted by Crippen LogP contribution is -2.20. The van der Waals surface area contributed by atoms with Gasteiger partial charge in [-0.05, 0) is 19.1 Å². The van der Waals surface area contributed by atoms with Crippen LogP contribution in [0.1, 0.15) is 17.3 Å². The Balaban J connectivity index is 2.70. The first-order valence-corrected chi connectivity index (χ1v) is 5.47. The van der Waals surface area contributed by atoms with E-state index in [0.29, 0.717) is 12.4 Å². The minimum Gasteiger partial charge on any atom is -0.478 e. The highest BCUT2D eigenvalue weighted by molar-refractivity contribution is 5.98. The van der Waals surface area contributed by atoms with Crippen molar-refractivity contribution in [1.82, 2.24) is 4.98 Å². The van der Waals surface area contributed by atoms with Crippen molar-refractivity contribution < 1.29 is 9.90 Å². The number of aromatic carboxylic acids is 1. The number of para-hydroxylation sites is 1. The van der Waals surface area contributed by atoms with Gasteiger partial charge in [0.2, 0.25) is 0 Å². The maximum atomic E-state index is 11.2. The summed E-state index contributed by atoms with van der Waals surface area (Å²) in [5.41, 5.74) is 1.06. The minimum atomic E-state index is -0.946. The zero-order valence-corrected chi connectivity index (χ0v) is 9.84. The van der Waals surface area contributed by atoms with Crippen LogP contribution in [0, 0.1) is 0 Å². The van der Waals surface area contributed by atoms with Gasteiger partial charge in [0.15, 0.2) is 0 Å². The van der Waals surface area contributed by atoms with Gasteiger partial charge in [0.1, 0.15) is 11.4 Å². The van der Waals surface area contributed by atoms with Gasteiger partial charge in [0.25, 0.3) is 0 Å². The molecular formula is C13H14N2O2. The molecule has 0 bridgehead atoms. The van der Waals surface area contributed by atoms with Gasteiger partial charge in [0, 0.05) is 19.0 Å². The number of hydrogen-bond donors (Lipinski definition) is 1. The number of aromatic nitrogens is 1. The number of carboxylic acid groups (broad SMARTS) is 1. The molecule has 0 radical (unpaired) electrons. The molecule has 0 aliphatic heterocycles. The van der Waals surface area contributed by atoms with Crippen molar-refractivity contribution in [3.05, 3.63) is 35.9 Å². The summed E-state index contributed by atoms with van der Waals surface area (Å²) >= 11 is 0. The Morgan fingerprint density at radius 2 is 2.12 bits per heavy atom. The Hall–Kier alpha value is -2.10. The predicted octanol–water partition coefficient (Wildman–Crippen LogP) is 2.39. The molecule has 0 aliphatic carbocycles. The number of anilines is 1. The molecule has 0 atom stereocenters. The molecule has 1 aromatic carbocycles. The molecule has 4 heteroatoms. The van der Waals surface area contributed by atoms with E-state index >= 15 is 0 Å². The van der Waals surface area contributed by atoms with E-state index in [0.717, 1.165) is 10.9 Å². The maximum Gasteiger partial charge on any atom is 0.339 e. The second-order valence-corrected chi connectivity index (χ2v) is 3.87. The third kappa shape index (κ3) is 2.06. The van der Waals surface area contributed by atoms with Gasteiger partial charge in [-0.2, -0.15) is 0 Å². The van der Waals surface area contributed by atoms with Crippen LogP contribution in [0.5, 0.6) is 0 Å². The Kier molecular flexibility index (Phi) is 2.95. The molecule has 0 saturated heterocycles. The number of fused-ring (bicyclic) bond motifs is 1. The van der Waals surface area contributed by atoms with Gasteiger partial charge in [-0.3, -0.25) is 0 Å². The van der Waals surface area contributed by atoms with Gasteiger partial charge in [0.05, 0.1) is 5.52 Å². The number of carboxylic acids is 1. The second kappa shape index (κ2) is 4.41. The average Bonchev–Trinajstić information content (AvgIpc) is 2.36. The molecule has 0 amide bonds. The quantitative estimate of drug-likeness (QED) is 0.879. The fraction of sp³-hybridized carbons (Fsp3) is 0.231. The number of benzene rings is 1. The fourth-order valence-electron chi connectivity index (χ4n) is 1.70. The molecular weight excluding hydrogens is 216 g/mol. The standard InChI is InChI=1S/C13H14N2O2/c1-3-15(2)12-10(13(16)17)8-9-6-4-5-7-11(9)14-12/h4-8H,3H2,1-2H3,(H,16,17). The fourth-order valence-corrected chi connectivity index (χ4v) is 1.70. The van der Waals surface area contributed by atoms with E-state index in [9.17, 15) is 9.90 Å². The molecule has 88 valence electrons. The van der Waals surface area contributed by atoms with Crippen LogP contribution in [-0.2, 0) is 0 Å². The monoisotopic (exact) mass is 230 g/mol. The highest BCUT2D eigenvalue weighted by Crippen LogP contribution is 2.22. The Morgan fingerprint density at radius 1 is 1.41 bits per heavy atom. The lowest BCUT2D eigenvalue weighted by Gasteiger charge is -2.18. The van der Waals surface area contributed by atoms with Gasteiger partial charge >= 0.3 is 5.97 Å². The van der Waals surface area contributed by atoms with E-state index in [1.54, 1.807) is 6.07 Å². The third-order valence-electron chi connectivity index (χ3n) is 2.77. The summed E-state index contributed by atoms with van der Waals surface area (Å²) in [6, 6.07) is 9.19. The summed E-state index contributed by atoms with van der Waals surface area (Å²) in [5.74, 6) is -0.433. The lowest BCUT2D eigenvalue weighted by molar-refractivity contribution is 0.0697. The Bertz CT molecular complexity index is 566. The first-order valence-electron chi connectivity index (χ1n) is 5.47. The van der Waals surface area contributed by atoms with Crippen LogP contribution in [0.2, 0.25) is 0 Å². The smallest absolute Gasteiger partial charge is 0.339 e. The Morgan fingerprint density at radius 3 is 2.76 bits per heavy atom. The van der Waals surface area contributed by atoms with E-state index < -0.39 is 5.97 Å². The summed E-state index contributed by atoms with van der Waals surface area (Å²) in [4.78, 5) is 17.5. The largest absolute Gasteiger partial charge is 0.478 e. The summed E-state index contributed by atoms with van der Waals surface area (Å²) in [5, 5.41) is 10.0. The topological polar surface area (TPSA) is 53.4 Å². The zero-order valence-electron chi connectivity index (χ0n) is 9.84. The van der Waals surface area contributed by atoms with E-state index in [4.69, 9.17) is 0 Å². The maximum absolute atomic E-state index is 11.2. The molecule has 2 rings (SSSR count). The molecule has 0 spiro atoms. The molecule has 1 N–H and O–H groups in total. The molecule has 1 aromatic heterocycles. The minimum absolute atomic E-state index is 0.244. The van der Waals surface area contributed by atoms with E-state index in [1.165, 1.54) is 0 Å². The number of pyridine rings is 1. The van der Waals surface area contributed by atoms with Crippen LogP contribution >= 0.6 is 0 Å². The van der Waals surface area contributed by atoms with Crippen LogP contribution in [0.15, 0.2) is 30.3 Å². The summed E-state index contributed by atoms with van der Waals surface area (Å²) in [6.45, 7) is 2.67. The van der Waals surface area contributed by atoms with Crippen LogP contribution < -0.4 is 4.90 Å². The van der Waals surface area contributed by atoms with Crippen molar-refractivity contribution in [1.29, 1.82) is 0 Å². The van der Waals surface area contributed by atoms with Crippen molar-refractivity contribution in [2.24, 2.45) is 0 Å². The number of carbonyl (C=O) groups is 1. The third-order valence-corrected chi connectivity index (χ3v) is 2.77. The zero-order chi connectivity index (χ0) is 12.4. The second-order valence-electron chi connectivity index (χ2n) is 3.87. The number of nitrogens with zero attached hydrogens (tertiary/aromatic N) is 2. The predicted molar refractivity (Wildman–Crippen MR) is 67.6 cm³/mol. The molecule has 4 nitrogen and oxygen atoms in total. The SMILES string of the molecule is CCN(C)c1nc2ccccc2cc1C(=O)O. The highest BCUT2D eigenvalue weighted by Gasteiger charge is 2.15. The molecule has 0 unspecified atom stereocenters. The first-order chi connectivity index (χ1) is 8.13. The molecule has 0 aliphatic rings. The van der Waals surface area contributed by atoms with E-state index in [1.807, 2.05) is 43.1 Å².